The van der Waals surface area contributed by atoms with E-state index in [-0.39, 0.29) is 16.5 Å². The van der Waals surface area contributed by atoms with Crippen LogP contribution >= 0.6 is 27.5 Å². The molecule has 5 nitrogen and oxygen atoms in total. The van der Waals surface area contributed by atoms with Crippen molar-refractivity contribution in [3.8, 4) is 11.5 Å². The normalized spacial score (nSPS) is 10.2. The molecule has 0 atom stereocenters. The van der Waals surface area contributed by atoms with E-state index in [2.05, 4.69) is 26.2 Å². The highest BCUT2D eigenvalue weighted by molar-refractivity contribution is 9.10. The number of phenols is 1. The Labute approximate surface area is 128 Å². The quantitative estimate of drug-likeness (QED) is 0.825. The van der Waals surface area contributed by atoms with E-state index in [9.17, 15) is 9.90 Å². The van der Waals surface area contributed by atoms with Gasteiger partial charge in [0.2, 0.25) is 0 Å². The highest BCUT2D eigenvalue weighted by atomic mass is 79.9. The summed E-state index contributed by atoms with van der Waals surface area (Å²) < 4.78 is 5.69. The second-order valence-electron chi connectivity index (χ2n) is 3.83. The number of amides is 1. The zero-order valence-electron chi connectivity index (χ0n) is 10.4. The van der Waals surface area contributed by atoms with Crippen LogP contribution in [0.4, 0.5) is 5.69 Å². The Morgan fingerprint density at radius 2 is 2.20 bits per heavy atom. The molecule has 0 aliphatic heterocycles. The van der Waals surface area contributed by atoms with E-state index in [4.69, 9.17) is 16.3 Å². The number of methoxy groups -OCH3 is 1. The van der Waals surface area contributed by atoms with Crippen molar-refractivity contribution in [3.63, 3.8) is 0 Å². The number of rotatable bonds is 3. The lowest BCUT2D eigenvalue weighted by Gasteiger charge is -2.09. The molecule has 2 N–H and O–H groups in total. The molecule has 2 aromatic rings. The summed E-state index contributed by atoms with van der Waals surface area (Å²) in [6, 6.07) is 5.99. The summed E-state index contributed by atoms with van der Waals surface area (Å²) in [7, 11) is 1.48. The minimum absolute atomic E-state index is 0.0837. The van der Waals surface area contributed by atoms with E-state index in [0.717, 1.165) is 0 Å². The summed E-state index contributed by atoms with van der Waals surface area (Å²) in [5.74, 6) is -0.197. The maximum atomic E-state index is 12.1. The van der Waals surface area contributed by atoms with Crippen molar-refractivity contribution in [1.29, 1.82) is 0 Å². The smallest absolute Gasteiger partial charge is 0.259 e. The van der Waals surface area contributed by atoms with Crippen molar-refractivity contribution in [3.05, 3.63) is 45.7 Å². The molecule has 104 valence electrons. The van der Waals surface area contributed by atoms with Gasteiger partial charge in [0.25, 0.3) is 5.91 Å². The number of carbonyl (C=O) groups excluding carboxylic acids is 1. The molecule has 0 spiro atoms. The Balaban J connectivity index is 2.30. The number of hydrogen-bond donors (Lipinski definition) is 2. The van der Waals surface area contributed by atoms with Gasteiger partial charge in [0, 0.05) is 10.7 Å². The summed E-state index contributed by atoms with van der Waals surface area (Å²) in [6.07, 6.45) is 1.51. The van der Waals surface area contributed by atoms with Crippen molar-refractivity contribution in [2.45, 2.75) is 0 Å². The number of phenolic OH excluding ortho intramolecular Hbond substituents is 1. The third kappa shape index (κ3) is 3.20. The third-order valence-corrected chi connectivity index (χ3v) is 3.24. The van der Waals surface area contributed by atoms with Gasteiger partial charge in [-0.2, -0.15) is 0 Å². The fourth-order valence-electron chi connectivity index (χ4n) is 1.52. The number of aromatic nitrogens is 1. The second-order valence-corrected chi connectivity index (χ2v) is 5.10. The van der Waals surface area contributed by atoms with Crippen LogP contribution in [0.2, 0.25) is 5.15 Å². The molecule has 0 saturated heterocycles. The van der Waals surface area contributed by atoms with Crippen LogP contribution in [0.25, 0.3) is 0 Å². The Morgan fingerprint density at radius 3 is 2.90 bits per heavy atom. The van der Waals surface area contributed by atoms with Gasteiger partial charge in [-0.15, -0.1) is 0 Å². The van der Waals surface area contributed by atoms with E-state index >= 15 is 0 Å². The topological polar surface area (TPSA) is 71.5 Å². The van der Waals surface area contributed by atoms with Crippen LogP contribution in [0.5, 0.6) is 11.5 Å². The zero-order chi connectivity index (χ0) is 14.7. The molecule has 7 heteroatoms. The molecule has 0 aliphatic carbocycles. The first kappa shape index (κ1) is 14.6. The van der Waals surface area contributed by atoms with Crippen LogP contribution in [-0.2, 0) is 0 Å². The number of carbonyl (C=O) groups is 1. The standard InChI is InChI=1S/C13H10BrClN2O3/c1-20-8-2-3-11(18)9(5-8)13(19)17-10-4-7(14)6-16-12(10)15/h2-6,18H,1H3,(H,17,19). The predicted molar refractivity (Wildman–Crippen MR) is 79.6 cm³/mol. The van der Waals surface area contributed by atoms with Gasteiger partial charge in [-0.25, -0.2) is 4.98 Å². The number of nitrogens with zero attached hydrogens (tertiary/aromatic N) is 1. The van der Waals surface area contributed by atoms with Crippen LogP contribution in [0.3, 0.4) is 0 Å². The Hall–Kier alpha value is -1.79. The number of halogens is 2. The maximum Gasteiger partial charge on any atom is 0.259 e. The molecular weight excluding hydrogens is 348 g/mol. The van der Waals surface area contributed by atoms with E-state index in [1.807, 2.05) is 0 Å². The molecule has 1 aromatic carbocycles. The average Bonchev–Trinajstić information content (AvgIpc) is 2.43. The average molecular weight is 358 g/mol. The highest BCUT2D eigenvalue weighted by Crippen LogP contribution is 2.27. The van der Waals surface area contributed by atoms with Gasteiger partial charge >= 0.3 is 0 Å². The molecule has 1 aromatic heterocycles. The number of hydrogen-bond acceptors (Lipinski definition) is 4. The molecule has 1 amide bonds. The number of aromatic hydroxyl groups is 1. The molecule has 1 heterocycles. The van der Waals surface area contributed by atoms with Gasteiger partial charge in [-0.05, 0) is 40.2 Å². The number of anilines is 1. The second kappa shape index (κ2) is 6.11. The summed E-state index contributed by atoms with van der Waals surface area (Å²) in [6.45, 7) is 0. The van der Waals surface area contributed by atoms with Crippen LogP contribution in [-0.4, -0.2) is 23.1 Å². The van der Waals surface area contributed by atoms with Gasteiger partial charge in [-0.1, -0.05) is 11.6 Å². The van der Waals surface area contributed by atoms with Crippen molar-refractivity contribution >= 4 is 39.1 Å². The lowest BCUT2D eigenvalue weighted by molar-refractivity contribution is 0.102. The number of benzene rings is 1. The van der Waals surface area contributed by atoms with Crippen LogP contribution in [0, 0.1) is 0 Å². The summed E-state index contributed by atoms with van der Waals surface area (Å²) >= 11 is 9.13. The first-order valence-corrected chi connectivity index (χ1v) is 6.67. The van der Waals surface area contributed by atoms with Gasteiger partial charge in [0.1, 0.15) is 11.5 Å². The molecular formula is C13H10BrClN2O3. The SMILES string of the molecule is COc1ccc(O)c(C(=O)Nc2cc(Br)cnc2Cl)c1. The van der Waals surface area contributed by atoms with E-state index in [1.54, 1.807) is 12.1 Å². The Bertz CT molecular complexity index is 664. The summed E-state index contributed by atoms with van der Waals surface area (Å²) in [5.41, 5.74) is 0.425. The van der Waals surface area contributed by atoms with Gasteiger partial charge in [0.05, 0.1) is 18.4 Å². The molecule has 0 aliphatic rings. The lowest BCUT2D eigenvalue weighted by Crippen LogP contribution is -2.13. The minimum atomic E-state index is -0.511. The van der Waals surface area contributed by atoms with Gasteiger partial charge < -0.3 is 15.2 Å². The van der Waals surface area contributed by atoms with E-state index < -0.39 is 5.91 Å². The minimum Gasteiger partial charge on any atom is -0.507 e. The molecule has 0 fully saturated rings. The highest BCUT2D eigenvalue weighted by Gasteiger charge is 2.14. The van der Waals surface area contributed by atoms with Gasteiger partial charge in [-0.3, -0.25) is 4.79 Å². The fraction of sp³-hybridized carbons (Fsp3) is 0.0769. The van der Waals surface area contributed by atoms with Crippen molar-refractivity contribution in [1.82, 2.24) is 4.98 Å². The lowest BCUT2D eigenvalue weighted by atomic mass is 10.1. The number of nitrogens with one attached hydrogen (secondary N) is 1. The van der Waals surface area contributed by atoms with Crippen molar-refractivity contribution in [2.24, 2.45) is 0 Å². The Kier molecular flexibility index (Phi) is 4.46. The first-order chi connectivity index (χ1) is 9.51. The van der Waals surface area contributed by atoms with E-state index in [1.165, 1.54) is 25.4 Å². The largest absolute Gasteiger partial charge is 0.507 e. The fourth-order valence-corrected chi connectivity index (χ4v) is 2.01. The summed E-state index contributed by atoms with van der Waals surface area (Å²) in [5, 5.41) is 12.5. The van der Waals surface area contributed by atoms with Crippen LogP contribution in [0.1, 0.15) is 10.4 Å². The molecule has 0 unspecified atom stereocenters. The summed E-state index contributed by atoms with van der Waals surface area (Å²) in [4.78, 5) is 16.0. The van der Waals surface area contributed by atoms with Gasteiger partial charge in [0.15, 0.2) is 5.15 Å². The molecule has 0 saturated carbocycles. The third-order valence-electron chi connectivity index (χ3n) is 2.50. The van der Waals surface area contributed by atoms with E-state index in [0.29, 0.717) is 15.9 Å². The van der Waals surface area contributed by atoms with Crippen molar-refractivity contribution < 1.29 is 14.6 Å². The zero-order valence-corrected chi connectivity index (χ0v) is 12.7. The number of pyridine rings is 1. The van der Waals surface area contributed by atoms with Crippen LogP contribution < -0.4 is 10.1 Å². The monoisotopic (exact) mass is 356 g/mol. The van der Waals surface area contributed by atoms with Crippen LogP contribution in [0.15, 0.2) is 34.9 Å². The molecule has 0 bridgehead atoms. The first-order valence-electron chi connectivity index (χ1n) is 5.50. The molecule has 0 radical (unpaired) electrons. The molecule has 20 heavy (non-hydrogen) atoms. The Morgan fingerprint density at radius 1 is 1.45 bits per heavy atom. The van der Waals surface area contributed by atoms with Crippen molar-refractivity contribution in [2.75, 3.05) is 12.4 Å². The number of ether oxygens (including phenoxy) is 1. The predicted octanol–water partition coefficient (Wildman–Crippen LogP) is 3.46. The maximum absolute atomic E-state index is 12.1. The molecule has 2 rings (SSSR count).